The highest BCUT2D eigenvalue weighted by molar-refractivity contribution is 6.30. The zero-order chi connectivity index (χ0) is 13.4. The second-order valence-electron chi connectivity index (χ2n) is 3.59. The molecule has 0 radical (unpaired) electrons. The Morgan fingerprint density at radius 1 is 1.56 bits per heavy atom. The number of nitrogens with one attached hydrogen (secondary N) is 1. The van der Waals surface area contributed by atoms with Gasteiger partial charge >= 0.3 is 0 Å². The van der Waals surface area contributed by atoms with E-state index in [1.165, 1.54) is 6.08 Å². The van der Waals surface area contributed by atoms with Gasteiger partial charge < -0.3 is 15.2 Å². The SMILES string of the molecule is COc1ccc(Cl)cc1/C=C/C(=O)NCCCO. The number of hydrogen-bond donors (Lipinski definition) is 2. The van der Waals surface area contributed by atoms with Gasteiger partial charge in [0.1, 0.15) is 5.75 Å². The van der Waals surface area contributed by atoms with Crippen molar-refractivity contribution in [3.05, 3.63) is 34.9 Å². The fraction of sp³-hybridized carbons (Fsp3) is 0.308. The van der Waals surface area contributed by atoms with Crippen LogP contribution in [0.5, 0.6) is 5.75 Å². The highest BCUT2D eigenvalue weighted by atomic mass is 35.5. The molecule has 1 aromatic carbocycles. The summed E-state index contributed by atoms with van der Waals surface area (Å²) in [6, 6.07) is 5.18. The predicted octanol–water partition coefficient (Wildman–Crippen LogP) is 1.86. The van der Waals surface area contributed by atoms with E-state index in [-0.39, 0.29) is 12.5 Å². The smallest absolute Gasteiger partial charge is 0.244 e. The lowest BCUT2D eigenvalue weighted by atomic mass is 10.2. The highest BCUT2D eigenvalue weighted by Gasteiger charge is 2.01. The molecule has 0 bridgehead atoms. The minimum atomic E-state index is -0.217. The average molecular weight is 270 g/mol. The maximum absolute atomic E-state index is 11.4. The van der Waals surface area contributed by atoms with Crippen molar-refractivity contribution in [1.29, 1.82) is 0 Å². The molecule has 0 fully saturated rings. The lowest BCUT2D eigenvalue weighted by Gasteiger charge is -2.05. The molecule has 0 saturated carbocycles. The number of hydrogen-bond acceptors (Lipinski definition) is 3. The maximum atomic E-state index is 11.4. The number of amides is 1. The zero-order valence-corrected chi connectivity index (χ0v) is 10.9. The molecule has 18 heavy (non-hydrogen) atoms. The Labute approximate surface area is 111 Å². The van der Waals surface area contributed by atoms with Crippen molar-refractivity contribution in [2.24, 2.45) is 0 Å². The van der Waals surface area contributed by atoms with E-state index in [0.717, 1.165) is 5.56 Å². The molecule has 1 aromatic rings. The molecule has 0 saturated heterocycles. The van der Waals surface area contributed by atoms with Gasteiger partial charge in [-0.1, -0.05) is 11.6 Å². The molecule has 1 rings (SSSR count). The van der Waals surface area contributed by atoms with Crippen molar-refractivity contribution in [3.63, 3.8) is 0 Å². The molecular weight excluding hydrogens is 254 g/mol. The van der Waals surface area contributed by atoms with Crippen molar-refractivity contribution >= 4 is 23.6 Å². The topological polar surface area (TPSA) is 58.6 Å². The summed E-state index contributed by atoms with van der Waals surface area (Å²) in [4.78, 5) is 11.4. The van der Waals surface area contributed by atoms with E-state index in [1.54, 1.807) is 31.4 Å². The molecule has 0 heterocycles. The van der Waals surface area contributed by atoms with E-state index in [0.29, 0.717) is 23.7 Å². The molecule has 0 spiro atoms. The number of carbonyl (C=O) groups excluding carboxylic acids is 1. The third-order valence-electron chi connectivity index (χ3n) is 2.24. The fourth-order valence-corrected chi connectivity index (χ4v) is 1.53. The van der Waals surface area contributed by atoms with Gasteiger partial charge in [0.2, 0.25) is 5.91 Å². The van der Waals surface area contributed by atoms with E-state index in [9.17, 15) is 4.79 Å². The Balaban J connectivity index is 2.65. The zero-order valence-electron chi connectivity index (χ0n) is 10.1. The van der Waals surface area contributed by atoms with Crippen LogP contribution >= 0.6 is 11.6 Å². The minimum Gasteiger partial charge on any atom is -0.496 e. The van der Waals surface area contributed by atoms with Gasteiger partial charge in [-0.05, 0) is 30.7 Å². The summed E-state index contributed by atoms with van der Waals surface area (Å²) in [6.07, 6.45) is 3.59. The maximum Gasteiger partial charge on any atom is 0.244 e. The van der Waals surface area contributed by atoms with Gasteiger partial charge in [-0.25, -0.2) is 0 Å². The Hall–Kier alpha value is -1.52. The number of rotatable bonds is 6. The number of halogens is 1. The Morgan fingerprint density at radius 2 is 2.33 bits per heavy atom. The fourth-order valence-electron chi connectivity index (χ4n) is 1.35. The number of aliphatic hydroxyl groups is 1. The van der Waals surface area contributed by atoms with Crippen LogP contribution in [-0.2, 0) is 4.79 Å². The van der Waals surface area contributed by atoms with Crippen molar-refractivity contribution in [3.8, 4) is 5.75 Å². The van der Waals surface area contributed by atoms with Gasteiger partial charge in [0.25, 0.3) is 0 Å². The largest absolute Gasteiger partial charge is 0.496 e. The van der Waals surface area contributed by atoms with Crippen LogP contribution in [0.2, 0.25) is 5.02 Å². The normalized spacial score (nSPS) is 10.6. The highest BCUT2D eigenvalue weighted by Crippen LogP contribution is 2.23. The third-order valence-corrected chi connectivity index (χ3v) is 2.48. The lowest BCUT2D eigenvalue weighted by molar-refractivity contribution is -0.116. The Kier molecular flexibility index (Phi) is 6.25. The summed E-state index contributed by atoms with van der Waals surface area (Å²) in [5.74, 6) is 0.435. The van der Waals surface area contributed by atoms with Crippen LogP contribution in [0, 0.1) is 0 Å². The molecule has 0 aliphatic heterocycles. The summed E-state index contributed by atoms with van der Waals surface area (Å²) in [6.45, 7) is 0.512. The monoisotopic (exact) mass is 269 g/mol. The minimum absolute atomic E-state index is 0.0616. The second kappa shape index (κ2) is 7.74. The van der Waals surface area contributed by atoms with Crippen LogP contribution in [0.1, 0.15) is 12.0 Å². The van der Waals surface area contributed by atoms with Crippen molar-refractivity contribution < 1.29 is 14.6 Å². The van der Waals surface area contributed by atoms with Crippen molar-refractivity contribution in [1.82, 2.24) is 5.32 Å². The molecule has 1 amide bonds. The molecule has 0 aliphatic rings. The third kappa shape index (κ3) is 4.77. The van der Waals surface area contributed by atoms with Gasteiger partial charge in [0.05, 0.1) is 7.11 Å². The Bertz CT molecular complexity index is 432. The standard InChI is InChI=1S/C13H16ClNO3/c1-18-12-5-4-11(14)9-10(12)3-6-13(17)15-7-2-8-16/h3-6,9,16H,2,7-8H2,1H3,(H,15,17)/b6-3+. The van der Waals surface area contributed by atoms with Gasteiger partial charge in [-0.3, -0.25) is 4.79 Å². The van der Waals surface area contributed by atoms with Crippen LogP contribution in [0.25, 0.3) is 6.08 Å². The number of aliphatic hydroxyl groups excluding tert-OH is 1. The second-order valence-corrected chi connectivity index (χ2v) is 4.02. The predicted molar refractivity (Wildman–Crippen MR) is 71.8 cm³/mol. The molecular formula is C13H16ClNO3. The van der Waals surface area contributed by atoms with Gasteiger partial charge in [-0.15, -0.1) is 0 Å². The summed E-state index contributed by atoms with van der Waals surface area (Å²) in [7, 11) is 1.56. The van der Waals surface area contributed by atoms with E-state index in [1.807, 2.05) is 0 Å². The number of benzene rings is 1. The summed E-state index contributed by atoms with van der Waals surface area (Å²) < 4.78 is 5.16. The lowest BCUT2D eigenvalue weighted by Crippen LogP contribution is -2.22. The van der Waals surface area contributed by atoms with Gasteiger partial charge in [0, 0.05) is 29.8 Å². The number of ether oxygens (including phenoxy) is 1. The average Bonchev–Trinajstić information content (AvgIpc) is 2.37. The molecule has 0 aliphatic carbocycles. The molecule has 0 aromatic heterocycles. The first-order valence-electron chi connectivity index (χ1n) is 5.57. The van der Waals surface area contributed by atoms with Crippen LogP contribution in [-0.4, -0.2) is 31.3 Å². The first-order valence-corrected chi connectivity index (χ1v) is 5.95. The van der Waals surface area contributed by atoms with E-state index >= 15 is 0 Å². The van der Waals surface area contributed by atoms with Gasteiger partial charge in [0.15, 0.2) is 0 Å². The number of methoxy groups -OCH3 is 1. The van der Waals surface area contributed by atoms with E-state index < -0.39 is 0 Å². The van der Waals surface area contributed by atoms with Crippen LogP contribution in [0.3, 0.4) is 0 Å². The molecule has 0 atom stereocenters. The first-order chi connectivity index (χ1) is 8.67. The molecule has 2 N–H and O–H groups in total. The number of carbonyl (C=O) groups is 1. The molecule has 4 nitrogen and oxygen atoms in total. The molecule has 5 heteroatoms. The molecule has 0 unspecified atom stereocenters. The summed E-state index contributed by atoms with van der Waals surface area (Å²) in [5, 5.41) is 11.8. The summed E-state index contributed by atoms with van der Waals surface area (Å²) in [5.41, 5.74) is 0.738. The Morgan fingerprint density at radius 3 is 3.00 bits per heavy atom. The quantitative estimate of drug-likeness (QED) is 0.612. The molecule has 98 valence electrons. The van der Waals surface area contributed by atoms with Gasteiger partial charge in [-0.2, -0.15) is 0 Å². The van der Waals surface area contributed by atoms with Crippen molar-refractivity contribution in [2.45, 2.75) is 6.42 Å². The van der Waals surface area contributed by atoms with Crippen LogP contribution < -0.4 is 10.1 Å². The van der Waals surface area contributed by atoms with E-state index in [2.05, 4.69) is 5.32 Å². The summed E-state index contributed by atoms with van der Waals surface area (Å²) >= 11 is 5.87. The van der Waals surface area contributed by atoms with E-state index in [4.69, 9.17) is 21.4 Å². The van der Waals surface area contributed by atoms with Crippen LogP contribution in [0.15, 0.2) is 24.3 Å². The first kappa shape index (κ1) is 14.5. The van der Waals surface area contributed by atoms with Crippen molar-refractivity contribution in [2.75, 3.05) is 20.3 Å². The van der Waals surface area contributed by atoms with Crippen LogP contribution in [0.4, 0.5) is 0 Å².